The van der Waals surface area contributed by atoms with E-state index < -0.39 is 17.4 Å². The second-order valence-corrected chi connectivity index (χ2v) is 10.1. The molecule has 1 aliphatic heterocycles. The van der Waals surface area contributed by atoms with Gasteiger partial charge < -0.3 is 9.47 Å². The summed E-state index contributed by atoms with van der Waals surface area (Å²) in [5.74, 6) is -2.01. The summed E-state index contributed by atoms with van der Waals surface area (Å²) >= 11 is 0. The lowest BCUT2D eigenvalue weighted by molar-refractivity contribution is -0.138. The third-order valence-electron chi connectivity index (χ3n) is 6.76. The molecule has 1 aliphatic rings. The van der Waals surface area contributed by atoms with Crippen LogP contribution in [-0.2, 0) is 22.9 Å². The van der Waals surface area contributed by atoms with E-state index in [0.29, 0.717) is 18.6 Å². The third kappa shape index (κ3) is 4.82. The molecule has 5 heterocycles. The van der Waals surface area contributed by atoms with Crippen molar-refractivity contribution in [1.82, 2.24) is 24.4 Å². The minimum absolute atomic E-state index is 0.0272. The van der Waals surface area contributed by atoms with Crippen LogP contribution < -0.4 is 0 Å². The quantitative estimate of drug-likeness (QED) is 0.285. The zero-order chi connectivity index (χ0) is 26.4. The van der Waals surface area contributed by atoms with Crippen LogP contribution in [0.25, 0.3) is 39.0 Å². The standard InChI is InChI=1S/C29H27F2N5O2/c1-29(2)37-17-24(38-29)6-4-18-8-20(10-21(9-18)28-26(31)11-23(30)13-32-28)25-14-34-36-16-19(5-7-27(25)36)22-12-33-35(3)15-22/h5,7-16,24H,4,6,17H2,1-3H3. The van der Waals surface area contributed by atoms with Gasteiger partial charge in [-0.15, -0.1) is 0 Å². The molecule has 0 radical (unpaired) electrons. The van der Waals surface area contributed by atoms with Crippen molar-refractivity contribution in [3.8, 4) is 33.5 Å². The summed E-state index contributed by atoms with van der Waals surface area (Å²) in [6.45, 7) is 4.33. The van der Waals surface area contributed by atoms with Crippen LogP contribution in [0.3, 0.4) is 0 Å². The van der Waals surface area contributed by atoms with E-state index in [0.717, 1.165) is 52.0 Å². The molecule has 5 aromatic rings. The van der Waals surface area contributed by atoms with Crippen molar-refractivity contribution >= 4 is 5.52 Å². The number of benzene rings is 1. The van der Waals surface area contributed by atoms with Crippen molar-refractivity contribution < 1.29 is 18.3 Å². The maximum atomic E-state index is 14.8. The van der Waals surface area contributed by atoms with E-state index in [2.05, 4.69) is 21.2 Å². The van der Waals surface area contributed by atoms with Gasteiger partial charge in [0.2, 0.25) is 0 Å². The van der Waals surface area contributed by atoms with E-state index >= 15 is 0 Å². The molecule has 1 atom stereocenters. The van der Waals surface area contributed by atoms with E-state index in [1.165, 1.54) is 0 Å². The van der Waals surface area contributed by atoms with Crippen molar-refractivity contribution in [3.05, 3.63) is 84.6 Å². The molecule has 1 unspecified atom stereocenters. The predicted octanol–water partition coefficient (Wildman–Crippen LogP) is 5.83. The molecule has 0 N–H and O–H groups in total. The van der Waals surface area contributed by atoms with E-state index in [4.69, 9.17) is 9.47 Å². The van der Waals surface area contributed by atoms with Crippen LogP contribution in [0.1, 0.15) is 25.8 Å². The second kappa shape index (κ2) is 9.41. The van der Waals surface area contributed by atoms with Gasteiger partial charge in [-0.25, -0.2) is 13.3 Å². The summed E-state index contributed by atoms with van der Waals surface area (Å²) in [4.78, 5) is 4.05. The minimum atomic E-state index is -0.712. The number of aromatic nitrogens is 5. The zero-order valence-corrected chi connectivity index (χ0v) is 21.4. The number of hydrogen-bond donors (Lipinski definition) is 0. The molecule has 194 valence electrons. The van der Waals surface area contributed by atoms with Crippen LogP contribution in [0.15, 0.2) is 67.4 Å². The van der Waals surface area contributed by atoms with Crippen molar-refractivity contribution in [3.63, 3.8) is 0 Å². The zero-order valence-electron chi connectivity index (χ0n) is 21.4. The third-order valence-corrected chi connectivity index (χ3v) is 6.76. The lowest BCUT2D eigenvalue weighted by Crippen LogP contribution is -2.21. The first-order chi connectivity index (χ1) is 18.2. The normalized spacial score (nSPS) is 16.9. The number of pyridine rings is 2. The maximum absolute atomic E-state index is 14.8. The molecule has 6 rings (SSSR count). The Bertz CT molecular complexity index is 1640. The largest absolute Gasteiger partial charge is 0.348 e. The van der Waals surface area contributed by atoms with Crippen LogP contribution >= 0.6 is 0 Å². The number of rotatable bonds is 6. The van der Waals surface area contributed by atoms with E-state index in [1.54, 1.807) is 10.9 Å². The lowest BCUT2D eigenvalue weighted by Gasteiger charge is -2.17. The summed E-state index contributed by atoms with van der Waals surface area (Å²) in [6, 6.07) is 10.8. The predicted molar refractivity (Wildman–Crippen MR) is 139 cm³/mol. The fourth-order valence-corrected chi connectivity index (χ4v) is 4.94. The topological polar surface area (TPSA) is 66.5 Å². The van der Waals surface area contributed by atoms with Gasteiger partial charge in [-0.05, 0) is 56.0 Å². The number of fused-ring (bicyclic) bond motifs is 1. The van der Waals surface area contributed by atoms with Crippen LogP contribution in [0.4, 0.5) is 8.78 Å². The molecule has 0 spiro atoms. The van der Waals surface area contributed by atoms with Gasteiger partial charge in [0.1, 0.15) is 11.5 Å². The molecule has 1 aromatic carbocycles. The van der Waals surface area contributed by atoms with Gasteiger partial charge in [-0.2, -0.15) is 10.2 Å². The first-order valence-corrected chi connectivity index (χ1v) is 12.5. The second-order valence-electron chi connectivity index (χ2n) is 10.1. The molecular formula is C29H27F2N5O2. The highest BCUT2D eigenvalue weighted by Crippen LogP contribution is 2.33. The molecule has 0 aliphatic carbocycles. The van der Waals surface area contributed by atoms with Crippen LogP contribution in [-0.4, -0.2) is 42.9 Å². The monoisotopic (exact) mass is 515 g/mol. The van der Waals surface area contributed by atoms with Gasteiger partial charge in [0, 0.05) is 47.8 Å². The number of nitrogens with zero attached hydrogens (tertiary/aromatic N) is 5. The summed E-state index contributed by atoms with van der Waals surface area (Å²) in [5, 5.41) is 8.84. The van der Waals surface area contributed by atoms with Gasteiger partial charge in [0.25, 0.3) is 0 Å². The highest BCUT2D eigenvalue weighted by atomic mass is 19.1. The first-order valence-electron chi connectivity index (χ1n) is 12.5. The van der Waals surface area contributed by atoms with E-state index in [9.17, 15) is 8.78 Å². The Morgan fingerprint density at radius 3 is 2.53 bits per heavy atom. The van der Waals surface area contributed by atoms with Gasteiger partial charge in [0.05, 0.1) is 36.8 Å². The molecule has 1 fully saturated rings. The highest BCUT2D eigenvalue weighted by Gasteiger charge is 2.32. The lowest BCUT2D eigenvalue weighted by atomic mass is 9.96. The Kier molecular flexibility index (Phi) is 6.04. The Labute approximate surface area is 218 Å². The van der Waals surface area contributed by atoms with Gasteiger partial charge in [-0.3, -0.25) is 9.67 Å². The summed E-state index contributed by atoms with van der Waals surface area (Å²) < 4.78 is 43.6. The first kappa shape index (κ1) is 24.4. The van der Waals surface area contributed by atoms with E-state index in [-0.39, 0.29) is 11.8 Å². The fourth-order valence-electron chi connectivity index (χ4n) is 4.94. The van der Waals surface area contributed by atoms with Crippen molar-refractivity contribution in [2.75, 3.05) is 6.61 Å². The average Bonchev–Trinajstić information content (AvgIpc) is 3.60. The van der Waals surface area contributed by atoms with Crippen molar-refractivity contribution in [2.24, 2.45) is 7.05 Å². The molecule has 38 heavy (non-hydrogen) atoms. The van der Waals surface area contributed by atoms with Crippen LogP contribution in [0, 0.1) is 11.6 Å². The Balaban J connectivity index is 1.39. The Hall–Kier alpha value is -3.95. The smallest absolute Gasteiger partial charge is 0.163 e. The molecular weight excluding hydrogens is 488 g/mol. The summed E-state index contributed by atoms with van der Waals surface area (Å²) in [6.07, 6.45) is 9.97. The minimum Gasteiger partial charge on any atom is -0.348 e. The van der Waals surface area contributed by atoms with Gasteiger partial charge in [-0.1, -0.05) is 12.1 Å². The molecule has 4 aromatic heterocycles. The number of halogens is 2. The SMILES string of the molecule is Cn1cc(-c2ccc3c(-c4cc(CCC5COC(C)(C)O5)cc(-c5ncc(F)cc5F)c4)cnn3c2)cn1. The van der Waals surface area contributed by atoms with Gasteiger partial charge >= 0.3 is 0 Å². The Morgan fingerprint density at radius 1 is 0.947 bits per heavy atom. The molecule has 7 nitrogen and oxygen atoms in total. The highest BCUT2D eigenvalue weighted by molar-refractivity contribution is 5.83. The van der Waals surface area contributed by atoms with E-state index in [1.807, 2.05) is 68.3 Å². The number of aryl methyl sites for hydroxylation is 2. The molecule has 0 saturated carbocycles. The van der Waals surface area contributed by atoms with Gasteiger partial charge in [0.15, 0.2) is 11.6 Å². The maximum Gasteiger partial charge on any atom is 0.163 e. The van der Waals surface area contributed by atoms with Crippen LogP contribution in [0.2, 0.25) is 0 Å². The number of hydrogen-bond acceptors (Lipinski definition) is 5. The molecule has 1 saturated heterocycles. The molecule has 9 heteroatoms. The Morgan fingerprint density at radius 2 is 1.79 bits per heavy atom. The molecule has 0 amide bonds. The number of ether oxygens (including phenoxy) is 2. The molecule has 0 bridgehead atoms. The summed E-state index contributed by atoms with van der Waals surface area (Å²) in [7, 11) is 1.88. The van der Waals surface area contributed by atoms with Crippen molar-refractivity contribution in [2.45, 2.75) is 38.6 Å². The van der Waals surface area contributed by atoms with Crippen molar-refractivity contribution in [1.29, 1.82) is 0 Å². The average molecular weight is 516 g/mol. The fraction of sp³-hybridized carbons (Fsp3) is 0.276. The van der Waals surface area contributed by atoms with Crippen LogP contribution in [0.5, 0.6) is 0 Å². The summed E-state index contributed by atoms with van der Waals surface area (Å²) in [5.41, 5.74) is 6.33.